The predicted octanol–water partition coefficient (Wildman–Crippen LogP) is 4.30. The van der Waals surface area contributed by atoms with Crippen LogP contribution in [0.25, 0.3) is 0 Å². The molecule has 1 unspecified atom stereocenters. The number of rotatable bonds is 6. The monoisotopic (exact) mass is 484 g/mol. The van der Waals surface area contributed by atoms with Crippen molar-refractivity contribution in [3.8, 4) is 0 Å². The van der Waals surface area contributed by atoms with Gasteiger partial charge in [0, 0.05) is 29.8 Å². The van der Waals surface area contributed by atoms with E-state index in [2.05, 4.69) is 50.4 Å². The molecule has 0 radical (unpaired) electrons. The molecule has 0 spiro atoms. The highest BCUT2D eigenvalue weighted by Gasteiger charge is 2.49. The van der Waals surface area contributed by atoms with E-state index < -0.39 is 5.54 Å². The minimum atomic E-state index is -1.06. The molecule has 1 atom stereocenters. The Morgan fingerprint density at radius 2 is 1.77 bits per heavy atom. The zero-order valence-electron chi connectivity index (χ0n) is 18.1. The molecule has 0 bridgehead atoms. The predicted molar refractivity (Wildman–Crippen MR) is 126 cm³/mol. The highest BCUT2D eigenvalue weighted by molar-refractivity contribution is 9.10. The fourth-order valence-electron chi connectivity index (χ4n) is 4.39. The number of carbonyl (C=O) groups is 2. The van der Waals surface area contributed by atoms with Gasteiger partial charge in [0.1, 0.15) is 5.54 Å². The summed E-state index contributed by atoms with van der Waals surface area (Å²) in [6.45, 7) is 4.91. The Hall–Kier alpha value is -2.38. The SMILES string of the molecule is CN(Cc1ccc(N2CCCCC2)cc1)CN1C(=O)NC(C)(c2cccc(Br)c2)C1=O. The van der Waals surface area contributed by atoms with Crippen molar-refractivity contribution in [2.75, 3.05) is 31.7 Å². The molecule has 7 heteroatoms. The van der Waals surface area contributed by atoms with Gasteiger partial charge in [0.05, 0.1) is 6.67 Å². The molecule has 0 aliphatic carbocycles. The minimum absolute atomic E-state index is 0.233. The molecule has 2 fully saturated rings. The molecular weight excluding hydrogens is 456 g/mol. The molecule has 2 aliphatic heterocycles. The Morgan fingerprint density at radius 1 is 1.06 bits per heavy atom. The normalized spacial score (nSPS) is 21.7. The Labute approximate surface area is 192 Å². The van der Waals surface area contributed by atoms with Gasteiger partial charge in [0.2, 0.25) is 0 Å². The number of amides is 3. The number of nitrogens with zero attached hydrogens (tertiary/aromatic N) is 3. The van der Waals surface area contributed by atoms with Crippen LogP contribution in [0.1, 0.15) is 37.3 Å². The number of halogens is 1. The number of urea groups is 1. The summed E-state index contributed by atoms with van der Waals surface area (Å²) < 4.78 is 0.872. The van der Waals surface area contributed by atoms with Crippen molar-refractivity contribution in [1.82, 2.24) is 15.1 Å². The average molecular weight is 485 g/mol. The maximum absolute atomic E-state index is 13.2. The summed E-state index contributed by atoms with van der Waals surface area (Å²) in [6, 6.07) is 15.8. The first-order chi connectivity index (χ1) is 14.9. The Morgan fingerprint density at radius 3 is 2.45 bits per heavy atom. The summed E-state index contributed by atoms with van der Waals surface area (Å²) in [4.78, 5) is 31.5. The van der Waals surface area contributed by atoms with Gasteiger partial charge in [-0.15, -0.1) is 0 Å². The lowest BCUT2D eigenvalue weighted by Gasteiger charge is -2.29. The van der Waals surface area contributed by atoms with Crippen LogP contribution in [-0.2, 0) is 16.9 Å². The number of piperidine rings is 1. The van der Waals surface area contributed by atoms with E-state index in [1.807, 2.05) is 36.2 Å². The van der Waals surface area contributed by atoms with Crippen LogP contribution in [0.4, 0.5) is 10.5 Å². The zero-order valence-corrected chi connectivity index (χ0v) is 19.7. The molecule has 6 nitrogen and oxygen atoms in total. The second-order valence-corrected chi connectivity index (χ2v) is 9.58. The first kappa shape index (κ1) is 21.8. The maximum Gasteiger partial charge on any atom is 0.326 e. The van der Waals surface area contributed by atoms with Crippen molar-refractivity contribution in [2.45, 2.75) is 38.3 Å². The van der Waals surface area contributed by atoms with Crippen molar-refractivity contribution >= 4 is 33.6 Å². The standard InChI is InChI=1S/C24H29BrN4O2/c1-24(19-7-6-8-20(25)15-19)22(30)29(23(31)26-24)17-27(2)16-18-9-11-21(12-10-18)28-13-4-3-5-14-28/h6-12,15H,3-5,13-14,16-17H2,1-2H3,(H,26,31). The van der Waals surface area contributed by atoms with Gasteiger partial charge in [-0.1, -0.05) is 40.2 Å². The van der Waals surface area contributed by atoms with E-state index in [0.717, 1.165) is 28.7 Å². The number of carbonyl (C=O) groups excluding carboxylic acids is 2. The van der Waals surface area contributed by atoms with Gasteiger partial charge in [-0.3, -0.25) is 9.69 Å². The fourth-order valence-corrected chi connectivity index (χ4v) is 4.79. The van der Waals surface area contributed by atoms with E-state index in [9.17, 15) is 9.59 Å². The van der Waals surface area contributed by atoms with Gasteiger partial charge in [-0.25, -0.2) is 9.69 Å². The molecule has 3 amide bonds. The van der Waals surface area contributed by atoms with Crippen molar-refractivity contribution in [1.29, 1.82) is 0 Å². The van der Waals surface area contributed by atoms with Crippen LogP contribution in [0, 0.1) is 0 Å². The first-order valence-electron chi connectivity index (χ1n) is 10.8. The molecule has 2 aromatic rings. The van der Waals surface area contributed by atoms with Crippen LogP contribution in [0.15, 0.2) is 53.0 Å². The second-order valence-electron chi connectivity index (χ2n) is 8.67. The van der Waals surface area contributed by atoms with Gasteiger partial charge < -0.3 is 10.2 Å². The lowest BCUT2D eigenvalue weighted by molar-refractivity contribution is -0.132. The lowest BCUT2D eigenvalue weighted by atomic mass is 9.92. The number of hydrogen-bond acceptors (Lipinski definition) is 4. The van der Waals surface area contributed by atoms with Gasteiger partial charge in [-0.05, 0) is 68.6 Å². The summed E-state index contributed by atoms with van der Waals surface area (Å²) in [6.07, 6.45) is 3.84. The van der Waals surface area contributed by atoms with Gasteiger partial charge in [0.25, 0.3) is 5.91 Å². The lowest BCUT2D eigenvalue weighted by Crippen LogP contribution is -2.42. The molecule has 2 aliphatic rings. The molecule has 2 aromatic carbocycles. The zero-order chi connectivity index (χ0) is 22.0. The fraction of sp³-hybridized carbons (Fsp3) is 0.417. The average Bonchev–Trinajstić information content (AvgIpc) is 2.99. The Balaban J connectivity index is 1.39. The van der Waals surface area contributed by atoms with Crippen LogP contribution >= 0.6 is 15.9 Å². The Bertz CT molecular complexity index is 958. The molecular formula is C24H29BrN4O2. The highest BCUT2D eigenvalue weighted by Crippen LogP contribution is 2.30. The summed E-state index contributed by atoms with van der Waals surface area (Å²) in [5, 5.41) is 2.87. The summed E-state index contributed by atoms with van der Waals surface area (Å²) >= 11 is 3.44. The van der Waals surface area contributed by atoms with Crippen LogP contribution in [0.3, 0.4) is 0 Å². The molecule has 1 N–H and O–H groups in total. The van der Waals surface area contributed by atoms with E-state index in [0.29, 0.717) is 6.54 Å². The Kier molecular flexibility index (Phi) is 6.34. The number of hydrogen-bond donors (Lipinski definition) is 1. The molecule has 0 aromatic heterocycles. The van der Waals surface area contributed by atoms with Crippen LogP contribution in [-0.4, -0.2) is 48.5 Å². The third-order valence-corrected chi connectivity index (χ3v) is 6.66. The third-order valence-electron chi connectivity index (χ3n) is 6.17. The smallest absolute Gasteiger partial charge is 0.326 e. The van der Waals surface area contributed by atoms with E-state index in [4.69, 9.17) is 0 Å². The molecule has 2 saturated heterocycles. The molecule has 0 saturated carbocycles. The number of benzene rings is 2. The second kappa shape index (κ2) is 9.01. The third kappa shape index (κ3) is 4.62. The quantitative estimate of drug-likeness (QED) is 0.621. The van der Waals surface area contributed by atoms with Crippen LogP contribution < -0.4 is 10.2 Å². The molecule has 2 heterocycles. The first-order valence-corrected chi connectivity index (χ1v) is 11.6. The number of imide groups is 1. The largest absolute Gasteiger partial charge is 0.372 e. The van der Waals surface area contributed by atoms with E-state index in [1.165, 1.54) is 29.8 Å². The van der Waals surface area contributed by atoms with Crippen molar-refractivity contribution < 1.29 is 9.59 Å². The molecule has 4 rings (SSSR count). The van der Waals surface area contributed by atoms with Crippen LogP contribution in [0.2, 0.25) is 0 Å². The van der Waals surface area contributed by atoms with Gasteiger partial charge in [0.15, 0.2) is 0 Å². The van der Waals surface area contributed by atoms with E-state index in [1.54, 1.807) is 6.92 Å². The highest BCUT2D eigenvalue weighted by atomic mass is 79.9. The minimum Gasteiger partial charge on any atom is -0.372 e. The van der Waals surface area contributed by atoms with Gasteiger partial charge >= 0.3 is 6.03 Å². The summed E-state index contributed by atoms with van der Waals surface area (Å²) in [7, 11) is 1.92. The van der Waals surface area contributed by atoms with Gasteiger partial charge in [-0.2, -0.15) is 0 Å². The van der Waals surface area contributed by atoms with Crippen LogP contribution in [0.5, 0.6) is 0 Å². The summed E-state index contributed by atoms with van der Waals surface area (Å²) in [5.74, 6) is -0.233. The van der Waals surface area contributed by atoms with E-state index >= 15 is 0 Å². The molecule has 164 valence electrons. The van der Waals surface area contributed by atoms with Crippen molar-refractivity contribution in [3.05, 3.63) is 64.1 Å². The van der Waals surface area contributed by atoms with Crippen molar-refractivity contribution in [3.63, 3.8) is 0 Å². The number of nitrogens with one attached hydrogen (secondary N) is 1. The number of anilines is 1. The van der Waals surface area contributed by atoms with E-state index in [-0.39, 0.29) is 18.6 Å². The summed E-state index contributed by atoms with van der Waals surface area (Å²) in [5.41, 5.74) is 2.13. The maximum atomic E-state index is 13.2. The molecule has 31 heavy (non-hydrogen) atoms. The topological polar surface area (TPSA) is 55.9 Å². The van der Waals surface area contributed by atoms with Crippen molar-refractivity contribution in [2.24, 2.45) is 0 Å².